The zero-order valence-electron chi connectivity index (χ0n) is 17.2. The predicted octanol–water partition coefficient (Wildman–Crippen LogP) is 3.85. The third kappa shape index (κ3) is 4.21. The van der Waals surface area contributed by atoms with Crippen molar-refractivity contribution in [1.29, 1.82) is 0 Å². The molecule has 4 rings (SSSR count). The van der Waals surface area contributed by atoms with Gasteiger partial charge in [-0.2, -0.15) is 5.10 Å². The molecule has 3 aromatic rings. The molecule has 0 spiro atoms. The van der Waals surface area contributed by atoms with Gasteiger partial charge in [0, 0.05) is 38.8 Å². The molecule has 29 heavy (non-hydrogen) atoms. The van der Waals surface area contributed by atoms with Crippen LogP contribution in [-0.4, -0.2) is 41.4 Å². The number of aryl methyl sites for hydroxylation is 1. The van der Waals surface area contributed by atoms with Gasteiger partial charge >= 0.3 is 0 Å². The summed E-state index contributed by atoms with van der Waals surface area (Å²) < 4.78 is 13.1. The van der Waals surface area contributed by atoms with E-state index in [4.69, 9.17) is 0 Å². The van der Waals surface area contributed by atoms with Crippen molar-refractivity contribution in [2.75, 3.05) is 36.0 Å². The first-order valence-electron chi connectivity index (χ1n) is 10.0. The maximum absolute atomic E-state index is 13.1. The van der Waals surface area contributed by atoms with E-state index >= 15 is 0 Å². The van der Waals surface area contributed by atoms with Gasteiger partial charge in [-0.3, -0.25) is 0 Å². The van der Waals surface area contributed by atoms with Gasteiger partial charge < -0.3 is 9.80 Å². The Hall–Kier alpha value is -3.02. The fraction of sp³-hybridized carbons (Fsp3) is 0.348. The van der Waals surface area contributed by atoms with E-state index in [2.05, 4.69) is 57.9 Å². The van der Waals surface area contributed by atoms with Crippen molar-refractivity contribution < 1.29 is 4.39 Å². The average Bonchev–Trinajstić information content (AvgIpc) is 2.74. The molecule has 1 aromatic carbocycles. The molecule has 2 aromatic heterocycles. The minimum Gasteiger partial charge on any atom is -0.353 e. The van der Waals surface area contributed by atoms with Gasteiger partial charge in [0.05, 0.1) is 5.69 Å². The Bertz CT molecular complexity index is 977. The maximum atomic E-state index is 13.1. The van der Waals surface area contributed by atoms with Gasteiger partial charge in [0.2, 0.25) is 0 Å². The summed E-state index contributed by atoms with van der Waals surface area (Å²) in [6.07, 6.45) is 2.58. The van der Waals surface area contributed by atoms with Crippen LogP contribution in [0.4, 0.5) is 16.0 Å². The quantitative estimate of drug-likeness (QED) is 0.676. The van der Waals surface area contributed by atoms with Crippen LogP contribution >= 0.6 is 0 Å². The van der Waals surface area contributed by atoms with Gasteiger partial charge in [0.15, 0.2) is 5.82 Å². The molecule has 0 N–H and O–H groups in total. The van der Waals surface area contributed by atoms with Crippen LogP contribution in [0.5, 0.6) is 0 Å². The topological polar surface area (TPSA) is 45.2 Å². The second kappa shape index (κ2) is 8.15. The highest BCUT2D eigenvalue weighted by Crippen LogP contribution is 2.25. The van der Waals surface area contributed by atoms with Gasteiger partial charge in [0.25, 0.3) is 0 Å². The van der Waals surface area contributed by atoms with Crippen molar-refractivity contribution in [2.45, 2.75) is 27.2 Å². The third-order valence-corrected chi connectivity index (χ3v) is 5.68. The number of rotatable bonds is 4. The molecular weight excluding hydrogens is 365 g/mol. The van der Waals surface area contributed by atoms with Crippen LogP contribution in [0.2, 0.25) is 0 Å². The number of nitrogens with zero attached hydrogens (tertiary/aromatic N) is 5. The standard InChI is InChI=1S/C23H26FN5/c1-16-4-9-22(25-15-16)28-10-12-29(13-11-28)23-18(3)17(2)21(26-27-23)14-19-5-7-20(24)8-6-19/h4-9,15H,10-14H2,1-3H3. The molecule has 6 heteroatoms. The summed E-state index contributed by atoms with van der Waals surface area (Å²) in [6, 6.07) is 10.8. The number of piperazine rings is 1. The number of halogens is 1. The van der Waals surface area contributed by atoms with E-state index < -0.39 is 0 Å². The minimum atomic E-state index is -0.219. The van der Waals surface area contributed by atoms with Crippen LogP contribution < -0.4 is 9.80 Å². The Kier molecular flexibility index (Phi) is 5.43. The molecule has 0 radical (unpaired) electrons. The summed E-state index contributed by atoms with van der Waals surface area (Å²) in [7, 11) is 0. The van der Waals surface area contributed by atoms with Crippen LogP contribution in [0.15, 0.2) is 42.6 Å². The second-order valence-electron chi connectivity index (χ2n) is 7.69. The predicted molar refractivity (Wildman–Crippen MR) is 114 cm³/mol. The molecule has 0 aliphatic carbocycles. The molecule has 150 valence electrons. The minimum absolute atomic E-state index is 0.219. The van der Waals surface area contributed by atoms with Gasteiger partial charge in [-0.15, -0.1) is 5.10 Å². The molecule has 0 unspecified atom stereocenters. The molecule has 1 aliphatic heterocycles. The number of benzene rings is 1. The maximum Gasteiger partial charge on any atom is 0.154 e. The van der Waals surface area contributed by atoms with Gasteiger partial charge in [-0.05, 0) is 61.2 Å². The highest BCUT2D eigenvalue weighted by atomic mass is 19.1. The van der Waals surface area contributed by atoms with E-state index in [9.17, 15) is 4.39 Å². The smallest absolute Gasteiger partial charge is 0.154 e. The zero-order chi connectivity index (χ0) is 20.4. The van der Waals surface area contributed by atoms with Crippen LogP contribution in [0.25, 0.3) is 0 Å². The first-order chi connectivity index (χ1) is 14.0. The Balaban J connectivity index is 1.46. The molecule has 1 fully saturated rings. The Labute approximate surface area is 171 Å². The van der Waals surface area contributed by atoms with E-state index in [1.807, 2.05) is 6.20 Å². The van der Waals surface area contributed by atoms with Crippen molar-refractivity contribution in [2.24, 2.45) is 0 Å². The molecule has 5 nitrogen and oxygen atoms in total. The van der Waals surface area contributed by atoms with Crippen LogP contribution in [0.1, 0.15) is 27.9 Å². The van der Waals surface area contributed by atoms with Crippen molar-refractivity contribution in [3.8, 4) is 0 Å². The molecule has 0 saturated carbocycles. The molecule has 1 saturated heterocycles. The fourth-order valence-corrected chi connectivity index (χ4v) is 3.70. The van der Waals surface area contributed by atoms with Crippen LogP contribution in [-0.2, 0) is 6.42 Å². The van der Waals surface area contributed by atoms with Crippen molar-refractivity contribution in [3.05, 3.63) is 76.4 Å². The highest BCUT2D eigenvalue weighted by Gasteiger charge is 2.22. The third-order valence-electron chi connectivity index (χ3n) is 5.68. The zero-order valence-corrected chi connectivity index (χ0v) is 17.2. The number of hydrogen-bond acceptors (Lipinski definition) is 5. The fourth-order valence-electron chi connectivity index (χ4n) is 3.70. The lowest BCUT2D eigenvalue weighted by Crippen LogP contribution is -2.47. The lowest BCUT2D eigenvalue weighted by molar-refractivity contribution is 0.627. The van der Waals surface area contributed by atoms with Gasteiger partial charge in [-0.25, -0.2) is 9.37 Å². The summed E-state index contributed by atoms with van der Waals surface area (Å²) in [6.45, 7) is 9.86. The summed E-state index contributed by atoms with van der Waals surface area (Å²) >= 11 is 0. The van der Waals surface area contributed by atoms with E-state index in [1.54, 1.807) is 12.1 Å². The van der Waals surface area contributed by atoms with Crippen LogP contribution in [0, 0.1) is 26.6 Å². The molecule has 3 heterocycles. The number of hydrogen-bond donors (Lipinski definition) is 0. The SMILES string of the molecule is Cc1ccc(N2CCN(c3nnc(Cc4ccc(F)cc4)c(C)c3C)CC2)nc1. The monoisotopic (exact) mass is 391 g/mol. The van der Waals surface area contributed by atoms with E-state index in [0.717, 1.165) is 54.6 Å². The van der Waals surface area contributed by atoms with E-state index in [0.29, 0.717) is 6.42 Å². The van der Waals surface area contributed by atoms with E-state index in [1.165, 1.54) is 23.3 Å². The lowest BCUT2D eigenvalue weighted by Gasteiger charge is -2.36. The second-order valence-corrected chi connectivity index (χ2v) is 7.69. The van der Waals surface area contributed by atoms with Crippen molar-refractivity contribution >= 4 is 11.6 Å². The Morgan fingerprint density at radius 3 is 2.17 bits per heavy atom. The first kappa shape index (κ1) is 19.3. The number of aromatic nitrogens is 3. The first-order valence-corrected chi connectivity index (χ1v) is 10.0. The summed E-state index contributed by atoms with van der Waals surface area (Å²) in [4.78, 5) is 9.17. The summed E-state index contributed by atoms with van der Waals surface area (Å²) in [5.74, 6) is 1.77. The summed E-state index contributed by atoms with van der Waals surface area (Å²) in [5, 5.41) is 9.06. The van der Waals surface area contributed by atoms with Gasteiger partial charge in [0.1, 0.15) is 11.6 Å². The Morgan fingerprint density at radius 1 is 0.828 bits per heavy atom. The number of anilines is 2. The number of pyridine rings is 1. The van der Waals surface area contributed by atoms with Crippen LogP contribution in [0.3, 0.4) is 0 Å². The molecular formula is C23H26FN5. The van der Waals surface area contributed by atoms with Crippen molar-refractivity contribution in [1.82, 2.24) is 15.2 Å². The Morgan fingerprint density at radius 2 is 1.52 bits per heavy atom. The summed E-state index contributed by atoms with van der Waals surface area (Å²) in [5.41, 5.74) is 5.48. The molecule has 1 aliphatic rings. The van der Waals surface area contributed by atoms with Crippen molar-refractivity contribution in [3.63, 3.8) is 0 Å². The average molecular weight is 391 g/mol. The van der Waals surface area contributed by atoms with Gasteiger partial charge in [-0.1, -0.05) is 18.2 Å². The molecule has 0 atom stereocenters. The largest absolute Gasteiger partial charge is 0.353 e. The highest BCUT2D eigenvalue weighted by molar-refractivity contribution is 5.52. The van der Waals surface area contributed by atoms with E-state index in [-0.39, 0.29) is 5.82 Å². The lowest BCUT2D eigenvalue weighted by atomic mass is 10.0. The molecule has 0 amide bonds. The normalized spacial score (nSPS) is 14.3. The molecule has 0 bridgehead atoms.